The molecule has 0 unspecified atom stereocenters. The molecule has 0 amide bonds. The maximum atomic E-state index is 3.48. The predicted molar refractivity (Wildman–Crippen MR) is 143 cm³/mol. The molecule has 1 fully saturated rings. The van der Waals surface area contributed by atoms with E-state index in [1.165, 1.54) is 79.2 Å². The lowest BCUT2D eigenvalue weighted by Gasteiger charge is -2.09. The molecule has 1 nitrogen and oxygen atoms in total. The van der Waals surface area contributed by atoms with Crippen molar-refractivity contribution in [3.63, 3.8) is 0 Å². The van der Waals surface area contributed by atoms with Gasteiger partial charge < -0.3 is 5.32 Å². The van der Waals surface area contributed by atoms with E-state index >= 15 is 0 Å². The average molecular weight is 432 g/mol. The molecule has 2 aromatic rings. The highest BCUT2D eigenvalue weighted by Gasteiger charge is 2.12. The van der Waals surface area contributed by atoms with Crippen LogP contribution in [0.4, 0.5) is 0 Å². The van der Waals surface area contributed by atoms with Crippen LogP contribution in [-0.2, 0) is 19.3 Å². The molecule has 0 heterocycles. The van der Waals surface area contributed by atoms with E-state index in [1.54, 1.807) is 0 Å². The Kier molecular flexibility index (Phi) is 12.8. The van der Waals surface area contributed by atoms with Crippen molar-refractivity contribution in [2.75, 3.05) is 6.54 Å². The van der Waals surface area contributed by atoms with Crippen LogP contribution in [-0.4, -0.2) is 12.6 Å². The molecular formula is C31H45N. The van der Waals surface area contributed by atoms with E-state index in [0.29, 0.717) is 6.04 Å². The largest absolute Gasteiger partial charge is 0.315 e. The first-order valence-electron chi connectivity index (χ1n) is 12.8. The number of allylic oxidation sites excluding steroid dienone is 2. The second-order valence-electron chi connectivity index (χ2n) is 9.24. The van der Waals surface area contributed by atoms with Crippen LogP contribution in [0.15, 0.2) is 67.8 Å². The first-order chi connectivity index (χ1) is 15.7. The molecule has 0 aliphatic heterocycles. The molecule has 1 heteroatoms. The lowest BCUT2D eigenvalue weighted by atomic mass is 9.98. The van der Waals surface area contributed by atoms with Crippen molar-refractivity contribution < 1.29 is 0 Å². The Morgan fingerprint density at radius 1 is 0.750 bits per heavy atom. The lowest BCUT2D eigenvalue weighted by Crippen LogP contribution is -2.23. The third kappa shape index (κ3) is 9.57. The highest BCUT2D eigenvalue weighted by molar-refractivity contribution is 5.73. The Hall–Kier alpha value is -2.12. The number of hydrogen-bond acceptors (Lipinski definition) is 1. The molecule has 1 saturated carbocycles. The zero-order valence-electron chi connectivity index (χ0n) is 20.7. The lowest BCUT2D eigenvalue weighted by molar-refractivity contribution is 0.504. The summed E-state index contributed by atoms with van der Waals surface area (Å²) in [5.74, 6) is 0. The normalized spacial score (nSPS) is 14.5. The molecule has 174 valence electrons. The monoisotopic (exact) mass is 431 g/mol. The van der Waals surface area contributed by atoms with Crippen LogP contribution < -0.4 is 5.32 Å². The van der Waals surface area contributed by atoms with Crippen LogP contribution in [0.2, 0.25) is 0 Å². The maximum absolute atomic E-state index is 3.48. The number of aryl methyl sites for hydroxylation is 2. The Balaban J connectivity index is 0.000000387. The summed E-state index contributed by atoms with van der Waals surface area (Å²) in [5.41, 5.74) is 7.37. The van der Waals surface area contributed by atoms with Crippen LogP contribution in [0.25, 0.3) is 5.57 Å². The minimum atomic E-state index is 0.586. The first kappa shape index (κ1) is 26.1. The van der Waals surface area contributed by atoms with E-state index in [0.717, 1.165) is 25.8 Å². The summed E-state index contributed by atoms with van der Waals surface area (Å²) in [4.78, 5) is 0. The second-order valence-corrected chi connectivity index (χ2v) is 9.24. The van der Waals surface area contributed by atoms with Gasteiger partial charge in [-0.05, 0) is 66.5 Å². The smallest absolute Gasteiger partial charge is 0.00103 e. The fourth-order valence-electron chi connectivity index (χ4n) is 4.49. The van der Waals surface area contributed by atoms with Crippen LogP contribution in [0, 0.1) is 0 Å². The number of fused-ring (bicyclic) bond motifs is 1. The van der Waals surface area contributed by atoms with E-state index in [-0.39, 0.29) is 0 Å². The second kappa shape index (κ2) is 15.6. The topological polar surface area (TPSA) is 12.0 Å². The van der Waals surface area contributed by atoms with Gasteiger partial charge in [-0.25, -0.2) is 0 Å². The van der Waals surface area contributed by atoms with Crippen molar-refractivity contribution >= 4 is 5.57 Å². The molecule has 0 aromatic heterocycles. The summed E-state index contributed by atoms with van der Waals surface area (Å²) in [5, 5.41) is 3.48. The van der Waals surface area contributed by atoms with Crippen molar-refractivity contribution in [1.82, 2.24) is 5.32 Å². The molecule has 2 aromatic carbocycles. The molecular weight excluding hydrogens is 386 g/mol. The van der Waals surface area contributed by atoms with Crippen molar-refractivity contribution in [3.05, 3.63) is 90.0 Å². The zero-order chi connectivity index (χ0) is 23.0. The highest BCUT2D eigenvalue weighted by atomic mass is 14.9. The molecule has 0 bridgehead atoms. The van der Waals surface area contributed by atoms with Gasteiger partial charge in [0.05, 0.1) is 0 Å². The third-order valence-electron chi connectivity index (χ3n) is 6.33. The van der Waals surface area contributed by atoms with Crippen molar-refractivity contribution in [2.24, 2.45) is 0 Å². The van der Waals surface area contributed by atoms with Crippen molar-refractivity contribution in [3.8, 4) is 0 Å². The minimum Gasteiger partial charge on any atom is -0.315 e. The van der Waals surface area contributed by atoms with Crippen LogP contribution in [0.3, 0.4) is 0 Å². The SMILES string of the molecule is C1CCCCC1.C=C.CC(C)NCCCc1ccc(CCC2=CCc3ccccc32)cc1. The standard InChI is InChI=1S/C23H29N.C6H12.C2H4/c1-18(2)24-17-5-6-19-9-11-20(12-10-19)13-14-22-16-15-21-7-3-4-8-23(21)22;1-2-4-6-5-3-1;1-2/h3-4,7-12,16,18,24H,5-6,13-15,17H2,1-2H3;1-6H2;1-2H2. The van der Waals surface area contributed by atoms with Gasteiger partial charge in [-0.15, -0.1) is 13.2 Å². The van der Waals surface area contributed by atoms with Crippen LogP contribution in [0.1, 0.15) is 87.5 Å². The molecule has 2 aliphatic carbocycles. The minimum absolute atomic E-state index is 0.586. The molecule has 1 N–H and O–H groups in total. The first-order valence-corrected chi connectivity index (χ1v) is 12.8. The van der Waals surface area contributed by atoms with Gasteiger partial charge in [0, 0.05) is 6.04 Å². The number of hydrogen-bond donors (Lipinski definition) is 1. The molecule has 0 radical (unpaired) electrons. The third-order valence-corrected chi connectivity index (χ3v) is 6.33. The number of nitrogens with one attached hydrogen (secondary N) is 1. The fraction of sp³-hybridized carbons (Fsp3) is 0.484. The van der Waals surface area contributed by atoms with Gasteiger partial charge in [-0.2, -0.15) is 0 Å². The number of rotatable bonds is 8. The van der Waals surface area contributed by atoms with Crippen LogP contribution in [0.5, 0.6) is 0 Å². The molecule has 32 heavy (non-hydrogen) atoms. The fourth-order valence-corrected chi connectivity index (χ4v) is 4.49. The highest BCUT2D eigenvalue weighted by Crippen LogP contribution is 2.30. The van der Waals surface area contributed by atoms with Gasteiger partial charge in [0.25, 0.3) is 0 Å². The summed E-state index contributed by atoms with van der Waals surface area (Å²) >= 11 is 0. The molecule has 0 atom stereocenters. The Bertz CT molecular complexity index is 769. The van der Waals surface area contributed by atoms with E-state index in [4.69, 9.17) is 0 Å². The van der Waals surface area contributed by atoms with Gasteiger partial charge in [-0.3, -0.25) is 0 Å². The molecule has 0 spiro atoms. The summed E-state index contributed by atoms with van der Waals surface area (Å²) in [7, 11) is 0. The van der Waals surface area contributed by atoms with E-state index in [9.17, 15) is 0 Å². The van der Waals surface area contributed by atoms with E-state index in [2.05, 4.69) is 86.9 Å². The summed E-state index contributed by atoms with van der Waals surface area (Å²) in [6.45, 7) is 11.5. The summed E-state index contributed by atoms with van der Waals surface area (Å²) < 4.78 is 0. The quantitative estimate of drug-likeness (QED) is 0.327. The average Bonchev–Trinajstić information content (AvgIpc) is 3.27. The molecule has 2 aliphatic rings. The Labute approximate surface area is 198 Å². The van der Waals surface area contributed by atoms with Gasteiger partial charge in [-0.1, -0.05) is 107 Å². The van der Waals surface area contributed by atoms with Gasteiger partial charge in [0.15, 0.2) is 0 Å². The van der Waals surface area contributed by atoms with Crippen molar-refractivity contribution in [1.29, 1.82) is 0 Å². The summed E-state index contributed by atoms with van der Waals surface area (Å²) in [6.07, 6.45) is 17.2. The molecule has 4 rings (SSSR count). The van der Waals surface area contributed by atoms with Crippen molar-refractivity contribution in [2.45, 2.75) is 90.5 Å². The molecule has 0 saturated heterocycles. The zero-order valence-corrected chi connectivity index (χ0v) is 20.7. The Morgan fingerprint density at radius 2 is 1.31 bits per heavy atom. The van der Waals surface area contributed by atoms with E-state index in [1.807, 2.05) is 0 Å². The van der Waals surface area contributed by atoms with Gasteiger partial charge in [0.1, 0.15) is 0 Å². The van der Waals surface area contributed by atoms with E-state index < -0.39 is 0 Å². The van der Waals surface area contributed by atoms with Gasteiger partial charge in [0.2, 0.25) is 0 Å². The van der Waals surface area contributed by atoms with Crippen LogP contribution >= 0.6 is 0 Å². The predicted octanol–water partition coefficient (Wildman–Crippen LogP) is 8.33. The summed E-state index contributed by atoms with van der Waals surface area (Å²) in [6, 6.07) is 18.6. The van der Waals surface area contributed by atoms with Gasteiger partial charge >= 0.3 is 0 Å². The Morgan fingerprint density at radius 3 is 1.91 bits per heavy atom. The number of benzene rings is 2. The maximum Gasteiger partial charge on any atom is 0.00103 e.